The molecule has 102 valence electrons. The topological polar surface area (TPSA) is 35.2 Å². The van der Waals surface area contributed by atoms with Gasteiger partial charge in [0, 0.05) is 11.9 Å². The van der Waals surface area contributed by atoms with Gasteiger partial charge in [0.15, 0.2) is 0 Å². The van der Waals surface area contributed by atoms with Gasteiger partial charge in [-0.2, -0.15) is 0 Å². The molecule has 0 heterocycles. The van der Waals surface area contributed by atoms with E-state index < -0.39 is 0 Å². The summed E-state index contributed by atoms with van der Waals surface area (Å²) in [6.45, 7) is 5.83. The summed E-state index contributed by atoms with van der Waals surface area (Å²) in [6, 6.07) is 12.4. The van der Waals surface area contributed by atoms with Crippen molar-refractivity contribution in [3.8, 4) is 5.75 Å². The monoisotopic (exact) mass is 257 g/mol. The molecule has 0 radical (unpaired) electrons. The Balaban J connectivity index is 2.15. The van der Waals surface area contributed by atoms with E-state index in [0.29, 0.717) is 6.54 Å². The Morgan fingerprint density at radius 1 is 1.05 bits per heavy atom. The first kappa shape index (κ1) is 13.9. The minimum absolute atomic E-state index is 0.564. The van der Waals surface area contributed by atoms with Gasteiger partial charge in [0.1, 0.15) is 5.75 Å². The zero-order valence-corrected chi connectivity index (χ0v) is 11.9. The maximum absolute atomic E-state index is 5.93. The fourth-order valence-electron chi connectivity index (χ4n) is 2.31. The predicted octanol–water partition coefficient (Wildman–Crippen LogP) is 4.11. The molecule has 2 rings (SSSR count). The van der Waals surface area contributed by atoms with E-state index in [4.69, 9.17) is 10.5 Å². The second-order valence-electron chi connectivity index (χ2n) is 5.36. The largest absolute Gasteiger partial charge is 0.493 e. The zero-order chi connectivity index (χ0) is 13.7. The molecular formula is C17H23NO. The molecule has 0 aliphatic heterocycles. The number of hydrogen-bond donors (Lipinski definition) is 1. The third-order valence-corrected chi connectivity index (χ3v) is 3.38. The summed E-state index contributed by atoms with van der Waals surface area (Å²) >= 11 is 0. The number of hydrogen-bond acceptors (Lipinski definition) is 2. The van der Waals surface area contributed by atoms with Crippen molar-refractivity contribution in [2.45, 2.75) is 33.2 Å². The highest BCUT2D eigenvalue weighted by Crippen LogP contribution is 2.28. The molecule has 0 unspecified atom stereocenters. The number of ether oxygens (including phenoxy) is 1. The number of benzene rings is 2. The van der Waals surface area contributed by atoms with E-state index in [1.165, 1.54) is 17.4 Å². The van der Waals surface area contributed by atoms with Crippen molar-refractivity contribution in [3.05, 3.63) is 42.0 Å². The minimum Gasteiger partial charge on any atom is -0.493 e. The van der Waals surface area contributed by atoms with Crippen molar-refractivity contribution < 1.29 is 4.74 Å². The van der Waals surface area contributed by atoms with Gasteiger partial charge in [-0.3, -0.25) is 0 Å². The molecule has 2 nitrogen and oxygen atoms in total. The summed E-state index contributed by atoms with van der Waals surface area (Å²) in [5, 5.41) is 2.36. The van der Waals surface area contributed by atoms with Gasteiger partial charge in [-0.1, -0.05) is 44.2 Å². The molecule has 19 heavy (non-hydrogen) atoms. The highest BCUT2D eigenvalue weighted by Gasteiger charge is 2.05. The maximum atomic E-state index is 5.93. The predicted molar refractivity (Wildman–Crippen MR) is 81.4 cm³/mol. The van der Waals surface area contributed by atoms with Crippen LogP contribution in [0.2, 0.25) is 0 Å². The second-order valence-corrected chi connectivity index (χ2v) is 5.36. The normalized spacial score (nSPS) is 11.2. The average molecular weight is 257 g/mol. The summed E-state index contributed by atoms with van der Waals surface area (Å²) in [5.41, 5.74) is 6.95. The molecule has 0 amide bonds. The van der Waals surface area contributed by atoms with Crippen molar-refractivity contribution in [1.29, 1.82) is 0 Å². The molecule has 0 aliphatic rings. The Kier molecular flexibility index (Phi) is 4.80. The first-order chi connectivity index (χ1) is 9.22. The molecule has 0 aromatic heterocycles. The Labute approximate surface area is 115 Å². The van der Waals surface area contributed by atoms with E-state index in [-0.39, 0.29) is 0 Å². The van der Waals surface area contributed by atoms with Crippen LogP contribution in [0.4, 0.5) is 0 Å². The van der Waals surface area contributed by atoms with Gasteiger partial charge in [-0.05, 0) is 35.8 Å². The highest BCUT2D eigenvalue weighted by molar-refractivity contribution is 5.91. The van der Waals surface area contributed by atoms with Crippen LogP contribution in [-0.2, 0) is 6.54 Å². The fourth-order valence-corrected chi connectivity index (χ4v) is 2.31. The van der Waals surface area contributed by atoms with Crippen LogP contribution in [0.3, 0.4) is 0 Å². The van der Waals surface area contributed by atoms with E-state index in [1.54, 1.807) is 0 Å². The maximum Gasteiger partial charge on any atom is 0.127 e. The first-order valence-corrected chi connectivity index (χ1v) is 7.06. The van der Waals surface area contributed by atoms with E-state index >= 15 is 0 Å². The van der Waals surface area contributed by atoms with Crippen LogP contribution in [-0.4, -0.2) is 6.61 Å². The van der Waals surface area contributed by atoms with Crippen LogP contribution >= 0.6 is 0 Å². The van der Waals surface area contributed by atoms with Crippen molar-refractivity contribution in [1.82, 2.24) is 0 Å². The lowest BCUT2D eigenvalue weighted by molar-refractivity contribution is 0.301. The van der Waals surface area contributed by atoms with E-state index in [0.717, 1.165) is 30.1 Å². The molecular weight excluding hydrogens is 234 g/mol. The molecule has 0 saturated carbocycles. The standard InChI is InChI=1S/C17H23NO/c1-13(2)6-5-11-19-17-10-9-14(12-18)15-7-3-4-8-16(15)17/h3-4,7-10,13H,5-6,11-12,18H2,1-2H3. The van der Waals surface area contributed by atoms with Crippen molar-refractivity contribution >= 4 is 10.8 Å². The molecule has 0 atom stereocenters. The van der Waals surface area contributed by atoms with E-state index in [1.807, 2.05) is 18.2 Å². The Morgan fingerprint density at radius 2 is 1.79 bits per heavy atom. The highest BCUT2D eigenvalue weighted by atomic mass is 16.5. The Hall–Kier alpha value is -1.54. The van der Waals surface area contributed by atoms with Gasteiger partial charge in [-0.25, -0.2) is 0 Å². The lowest BCUT2D eigenvalue weighted by Crippen LogP contribution is -2.02. The SMILES string of the molecule is CC(C)CCCOc1ccc(CN)c2ccccc12. The fraction of sp³-hybridized carbons (Fsp3) is 0.412. The summed E-state index contributed by atoms with van der Waals surface area (Å²) < 4.78 is 5.93. The molecule has 0 bridgehead atoms. The van der Waals surface area contributed by atoms with Crippen molar-refractivity contribution in [2.24, 2.45) is 11.7 Å². The summed E-state index contributed by atoms with van der Waals surface area (Å²) in [4.78, 5) is 0. The van der Waals surface area contributed by atoms with Gasteiger partial charge in [0.2, 0.25) is 0 Å². The van der Waals surface area contributed by atoms with Gasteiger partial charge >= 0.3 is 0 Å². The van der Waals surface area contributed by atoms with Gasteiger partial charge in [0.05, 0.1) is 6.61 Å². The molecule has 2 N–H and O–H groups in total. The van der Waals surface area contributed by atoms with Crippen LogP contribution in [0.1, 0.15) is 32.3 Å². The smallest absolute Gasteiger partial charge is 0.127 e. The van der Waals surface area contributed by atoms with Crippen LogP contribution in [0.5, 0.6) is 5.75 Å². The van der Waals surface area contributed by atoms with Gasteiger partial charge in [0.25, 0.3) is 0 Å². The molecule has 0 aliphatic carbocycles. The molecule has 0 fully saturated rings. The summed E-state index contributed by atoms with van der Waals surface area (Å²) in [6.07, 6.45) is 2.31. The average Bonchev–Trinajstić information content (AvgIpc) is 2.43. The number of nitrogens with two attached hydrogens (primary N) is 1. The van der Waals surface area contributed by atoms with Gasteiger partial charge < -0.3 is 10.5 Å². The van der Waals surface area contributed by atoms with Gasteiger partial charge in [-0.15, -0.1) is 0 Å². The lowest BCUT2D eigenvalue weighted by Gasteiger charge is -2.12. The quantitative estimate of drug-likeness (QED) is 0.790. The van der Waals surface area contributed by atoms with Crippen LogP contribution < -0.4 is 10.5 Å². The zero-order valence-electron chi connectivity index (χ0n) is 11.9. The van der Waals surface area contributed by atoms with Crippen LogP contribution in [0.25, 0.3) is 10.8 Å². The molecule has 2 aromatic rings. The third kappa shape index (κ3) is 3.48. The molecule has 0 saturated heterocycles. The second kappa shape index (κ2) is 6.58. The van der Waals surface area contributed by atoms with E-state index in [9.17, 15) is 0 Å². The summed E-state index contributed by atoms with van der Waals surface area (Å²) in [5.74, 6) is 1.71. The molecule has 0 spiro atoms. The van der Waals surface area contributed by atoms with E-state index in [2.05, 4.69) is 32.0 Å². The Bertz CT molecular complexity index is 534. The third-order valence-electron chi connectivity index (χ3n) is 3.38. The summed E-state index contributed by atoms with van der Waals surface area (Å²) in [7, 11) is 0. The number of rotatable bonds is 6. The first-order valence-electron chi connectivity index (χ1n) is 7.06. The lowest BCUT2D eigenvalue weighted by atomic mass is 10.0. The van der Waals surface area contributed by atoms with Crippen LogP contribution in [0.15, 0.2) is 36.4 Å². The van der Waals surface area contributed by atoms with Crippen molar-refractivity contribution in [2.75, 3.05) is 6.61 Å². The number of fused-ring (bicyclic) bond motifs is 1. The van der Waals surface area contributed by atoms with Crippen LogP contribution in [0, 0.1) is 5.92 Å². The molecule has 2 aromatic carbocycles. The molecule has 2 heteroatoms. The van der Waals surface area contributed by atoms with Crippen molar-refractivity contribution in [3.63, 3.8) is 0 Å². The minimum atomic E-state index is 0.564. The Morgan fingerprint density at radius 3 is 2.47 bits per heavy atom.